The third kappa shape index (κ3) is 4.82. The van der Waals surface area contributed by atoms with E-state index in [9.17, 15) is 4.79 Å². The van der Waals surface area contributed by atoms with E-state index in [0.29, 0.717) is 11.6 Å². The number of aromatic nitrogens is 2. The van der Waals surface area contributed by atoms with E-state index in [0.717, 1.165) is 29.4 Å². The Morgan fingerprint density at radius 2 is 1.74 bits per heavy atom. The molecule has 0 atom stereocenters. The summed E-state index contributed by atoms with van der Waals surface area (Å²) in [7, 11) is 0. The summed E-state index contributed by atoms with van der Waals surface area (Å²) in [5.41, 5.74) is 2.66. The van der Waals surface area contributed by atoms with Gasteiger partial charge >= 0.3 is 0 Å². The number of rotatable bonds is 6. The van der Waals surface area contributed by atoms with Gasteiger partial charge in [-0.1, -0.05) is 24.3 Å². The molecule has 0 aliphatic carbocycles. The van der Waals surface area contributed by atoms with Crippen LogP contribution in [0, 0.1) is 6.92 Å². The summed E-state index contributed by atoms with van der Waals surface area (Å²) < 4.78 is 0. The van der Waals surface area contributed by atoms with Crippen molar-refractivity contribution in [2.45, 2.75) is 20.8 Å². The maximum absolute atomic E-state index is 11.3. The van der Waals surface area contributed by atoms with E-state index in [-0.39, 0.29) is 5.91 Å². The highest BCUT2D eigenvalue weighted by Gasteiger charge is 2.11. The molecule has 0 aliphatic rings. The lowest BCUT2D eigenvalue weighted by molar-refractivity contribution is -0.114. The number of benzene rings is 2. The SMILES string of the molecule is CCN(c1ccccc1)c1cc(Nc2cccc(NC(C)=O)c2)nc(C)n1. The van der Waals surface area contributed by atoms with E-state index in [1.54, 1.807) is 0 Å². The third-order valence-corrected chi connectivity index (χ3v) is 3.94. The molecule has 0 unspecified atom stereocenters. The van der Waals surface area contributed by atoms with E-state index in [1.165, 1.54) is 6.92 Å². The lowest BCUT2D eigenvalue weighted by Crippen LogP contribution is -2.18. The van der Waals surface area contributed by atoms with Gasteiger partial charge in [0.2, 0.25) is 5.91 Å². The maximum atomic E-state index is 11.3. The van der Waals surface area contributed by atoms with Gasteiger partial charge in [0.15, 0.2) is 0 Å². The Kier molecular flexibility index (Phi) is 5.66. The quantitative estimate of drug-likeness (QED) is 0.669. The number of hydrogen-bond acceptors (Lipinski definition) is 5. The molecule has 3 aromatic rings. The summed E-state index contributed by atoms with van der Waals surface area (Å²) in [4.78, 5) is 22.5. The van der Waals surface area contributed by atoms with E-state index in [1.807, 2.05) is 55.5 Å². The van der Waals surface area contributed by atoms with Crippen LogP contribution in [0.25, 0.3) is 0 Å². The van der Waals surface area contributed by atoms with Gasteiger partial charge in [-0.15, -0.1) is 0 Å². The number of anilines is 5. The Balaban J connectivity index is 1.88. The molecule has 0 spiro atoms. The largest absolute Gasteiger partial charge is 0.340 e. The molecule has 0 radical (unpaired) electrons. The summed E-state index contributed by atoms with van der Waals surface area (Å²) in [5, 5.41) is 6.08. The number of amides is 1. The topological polar surface area (TPSA) is 70.2 Å². The van der Waals surface area contributed by atoms with Crippen LogP contribution in [-0.2, 0) is 4.79 Å². The minimum Gasteiger partial charge on any atom is -0.340 e. The van der Waals surface area contributed by atoms with Crippen LogP contribution in [0.5, 0.6) is 0 Å². The van der Waals surface area contributed by atoms with Gasteiger partial charge in [-0.25, -0.2) is 9.97 Å². The van der Waals surface area contributed by atoms with Gasteiger partial charge in [0.1, 0.15) is 17.5 Å². The average molecular weight is 361 g/mol. The fourth-order valence-corrected chi connectivity index (χ4v) is 2.86. The predicted molar refractivity (Wildman–Crippen MR) is 110 cm³/mol. The van der Waals surface area contributed by atoms with Crippen LogP contribution in [0.3, 0.4) is 0 Å². The van der Waals surface area contributed by atoms with E-state index >= 15 is 0 Å². The van der Waals surface area contributed by atoms with Crippen molar-refractivity contribution in [3.8, 4) is 0 Å². The zero-order valence-corrected chi connectivity index (χ0v) is 15.7. The molecule has 2 aromatic carbocycles. The second kappa shape index (κ2) is 8.31. The summed E-state index contributed by atoms with van der Waals surface area (Å²) in [6.45, 7) is 6.25. The average Bonchev–Trinajstić information content (AvgIpc) is 2.62. The molecular weight excluding hydrogens is 338 g/mol. The number of nitrogens with zero attached hydrogens (tertiary/aromatic N) is 3. The van der Waals surface area contributed by atoms with E-state index in [2.05, 4.69) is 44.6 Å². The number of nitrogens with one attached hydrogen (secondary N) is 2. The molecule has 1 aromatic heterocycles. The molecule has 0 saturated carbocycles. The van der Waals surface area contributed by atoms with Gasteiger partial charge in [-0.05, 0) is 44.2 Å². The normalized spacial score (nSPS) is 10.3. The van der Waals surface area contributed by atoms with Crippen molar-refractivity contribution in [3.05, 3.63) is 66.5 Å². The number of carbonyl (C=O) groups excluding carboxylic acids is 1. The number of aryl methyl sites for hydroxylation is 1. The molecule has 6 nitrogen and oxygen atoms in total. The third-order valence-electron chi connectivity index (χ3n) is 3.94. The Morgan fingerprint density at radius 3 is 2.44 bits per heavy atom. The van der Waals surface area contributed by atoms with Crippen LogP contribution >= 0.6 is 0 Å². The molecule has 0 bridgehead atoms. The highest BCUT2D eigenvalue weighted by Crippen LogP contribution is 2.26. The lowest BCUT2D eigenvalue weighted by Gasteiger charge is -2.23. The number of para-hydroxylation sites is 1. The van der Waals surface area contributed by atoms with Crippen molar-refractivity contribution < 1.29 is 4.79 Å². The number of carbonyl (C=O) groups is 1. The maximum Gasteiger partial charge on any atom is 0.221 e. The van der Waals surface area contributed by atoms with Gasteiger partial charge in [-0.2, -0.15) is 0 Å². The van der Waals surface area contributed by atoms with Crippen molar-refractivity contribution in [2.75, 3.05) is 22.1 Å². The van der Waals surface area contributed by atoms with Crippen molar-refractivity contribution in [1.29, 1.82) is 0 Å². The zero-order valence-electron chi connectivity index (χ0n) is 15.7. The first-order valence-electron chi connectivity index (χ1n) is 8.88. The Bertz CT molecular complexity index is 927. The second-order valence-electron chi connectivity index (χ2n) is 6.13. The molecule has 6 heteroatoms. The van der Waals surface area contributed by atoms with E-state index < -0.39 is 0 Å². The molecule has 0 saturated heterocycles. The van der Waals surface area contributed by atoms with E-state index in [4.69, 9.17) is 0 Å². The zero-order chi connectivity index (χ0) is 19.2. The van der Waals surface area contributed by atoms with Crippen LogP contribution in [-0.4, -0.2) is 22.4 Å². The monoisotopic (exact) mass is 361 g/mol. The summed E-state index contributed by atoms with van der Waals surface area (Å²) in [6, 6.07) is 19.6. The summed E-state index contributed by atoms with van der Waals surface area (Å²) >= 11 is 0. The predicted octanol–water partition coefficient (Wildman–Crippen LogP) is 4.65. The van der Waals surface area contributed by atoms with Crippen molar-refractivity contribution in [3.63, 3.8) is 0 Å². The summed E-state index contributed by atoms with van der Waals surface area (Å²) in [6.07, 6.45) is 0. The van der Waals surface area contributed by atoms with Crippen molar-refractivity contribution in [1.82, 2.24) is 9.97 Å². The number of hydrogen-bond donors (Lipinski definition) is 2. The molecule has 27 heavy (non-hydrogen) atoms. The van der Waals surface area contributed by atoms with Gasteiger partial charge in [0.25, 0.3) is 0 Å². The molecule has 1 amide bonds. The second-order valence-corrected chi connectivity index (χ2v) is 6.13. The van der Waals surface area contributed by atoms with Crippen LogP contribution < -0.4 is 15.5 Å². The highest BCUT2D eigenvalue weighted by molar-refractivity contribution is 5.89. The van der Waals surface area contributed by atoms with Crippen LogP contribution in [0.2, 0.25) is 0 Å². The first kappa shape index (κ1) is 18.4. The van der Waals surface area contributed by atoms with Crippen molar-refractivity contribution >= 4 is 34.6 Å². The molecular formula is C21H23N5O. The first-order valence-corrected chi connectivity index (χ1v) is 8.88. The van der Waals surface area contributed by atoms with Crippen LogP contribution in [0.4, 0.5) is 28.7 Å². The molecule has 1 heterocycles. The fraction of sp³-hybridized carbons (Fsp3) is 0.190. The molecule has 0 fully saturated rings. The fourth-order valence-electron chi connectivity index (χ4n) is 2.86. The van der Waals surface area contributed by atoms with Crippen LogP contribution in [0.15, 0.2) is 60.7 Å². The van der Waals surface area contributed by atoms with Crippen molar-refractivity contribution in [2.24, 2.45) is 0 Å². The lowest BCUT2D eigenvalue weighted by atomic mass is 10.2. The molecule has 3 rings (SSSR count). The van der Waals surface area contributed by atoms with Gasteiger partial charge in [0.05, 0.1) is 0 Å². The molecule has 0 aliphatic heterocycles. The highest BCUT2D eigenvalue weighted by atomic mass is 16.1. The van der Waals surface area contributed by atoms with Gasteiger partial charge in [0, 0.05) is 36.6 Å². The Hall–Kier alpha value is -3.41. The Morgan fingerprint density at radius 1 is 1.00 bits per heavy atom. The minimum absolute atomic E-state index is 0.103. The molecule has 138 valence electrons. The van der Waals surface area contributed by atoms with Gasteiger partial charge in [-0.3, -0.25) is 4.79 Å². The van der Waals surface area contributed by atoms with Gasteiger partial charge < -0.3 is 15.5 Å². The standard InChI is InChI=1S/C21H23N5O/c1-4-26(19-11-6-5-7-12-19)21-14-20(22-15(2)23-21)25-18-10-8-9-17(13-18)24-16(3)27/h5-14H,4H2,1-3H3,(H,24,27)(H,22,23,25). The molecule has 2 N–H and O–H groups in total. The summed E-state index contributed by atoms with van der Waals surface area (Å²) in [5.74, 6) is 2.11. The smallest absolute Gasteiger partial charge is 0.221 e. The minimum atomic E-state index is -0.103. The van der Waals surface area contributed by atoms with Crippen LogP contribution in [0.1, 0.15) is 19.7 Å². The Labute approximate surface area is 159 Å². The first-order chi connectivity index (χ1) is 13.0.